The van der Waals surface area contributed by atoms with Gasteiger partial charge in [-0.25, -0.2) is 0 Å². The van der Waals surface area contributed by atoms with E-state index in [0.717, 1.165) is 32.0 Å². The van der Waals surface area contributed by atoms with Gasteiger partial charge < -0.3 is 15.5 Å². The van der Waals surface area contributed by atoms with Crippen LogP contribution in [0.1, 0.15) is 40.0 Å². The Morgan fingerprint density at radius 3 is 2.32 bits per heavy atom. The van der Waals surface area contributed by atoms with Crippen molar-refractivity contribution in [3.05, 3.63) is 0 Å². The van der Waals surface area contributed by atoms with E-state index in [2.05, 4.69) is 47.2 Å². The first-order valence-electron chi connectivity index (χ1n) is 7.46. The Kier molecular flexibility index (Phi) is 12.4. The number of aliphatic imine (C=N–C) groups is 1. The summed E-state index contributed by atoms with van der Waals surface area (Å²) in [6.45, 7) is 12.2. The second-order valence-corrected chi connectivity index (χ2v) is 4.51. The van der Waals surface area contributed by atoms with Gasteiger partial charge in [-0.1, -0.05) is 19.8 Å². The van der Waals surface area contributed by atoms with Crippen molar-refractivity contribution in [1.82, 2.24) is 15.5 Å². The lowest BCUT2D eigenvalue weighted by Gasteiger charge is -2.20. The molecule has 0 atom stereocenters. The van der Waals surface area contributed by atoms with Crippen molar-refractivity contribution in [1.29, 1.82) is 0 Å². The van der Waals surface area contributed by atoms with E-state index in [0.29, 0.717) is 6.54 Å². The third-order valence-corrected chi connectivity index (χ3v) is 2.68. The SMILES string of the molecule is C#CCNC(=NCCCN(CCC)CCC)NCC. The van der Waals surface area contributed by atoms with Gasteiger partial charge in [0.25, 0.3) is 0 Å². The summed E-state index contributed by atoms with van der Waals surface area (Å²) in [5.74, 6) is 3.38. The first-order valence-corrected chi connectivity index (χ1v) is 7.46. The number of rotatable bonds is 10. The molecule has 0 aliphatic carbocycles. The summed E-state index contributed by atoms with van der Waals surface area (Å²) in [4.78, 5) is 7.03. The summed E-state index contributed by atoms with van der Waals surface area (Å²) in [7, 11) is 0. The average Bonchev–Trinajstić information content (AvgIpc) is 2.41. The monoisotopic (exact) mass is 266 g/mol. The van der Waals surface area contributed by atoms with Crippen LogP contribution < -0.4 is 10.6 Å². The Balaban J connectivity index is 3.96. The van der Waals surface area contributed by atoms with Crippen molar-refractivity contribution in [2.24, 2.45) is 4.99 Å². The van der Waals surface area contributed by atoms with E-state index in [4.69, 9.17) is 6.42 Å². The van der Waals surface area contributed by atoms with Crippen LogP contribution in [0.25, 0.3) is 0 Å². The number of nitrogens with one attached hydrogen (secondary N) is 2. The molecule has 4 heteroatoms. The van der Waals surface area contributed by atoms with Gasteiger partial charge >= 0.3 is 0 Å². The molecule has 110 valence electrons. The molecular formula is C15H30N4. The first-order chi connectivity index (χ1) is 9.28. The first kappa shape index (κ1) is 17.8. The van der Waals surface area contributed by atoms with Crippen molar-refractivity contribution in [2.45, 2.75) is 40.0 Å². The highest BCUT2D eigenvalue weighted by Crippen LogP contribution is 1.96. The Morgan fingerprint density at radius 1 is 1.11 bits per heavy atom. The maximum Gasteiger partial charge on any atom is 0.192 e. The molecule has 0 aliphatic rings. The summed E-state index contributed by atoms with van der Waals surface area (Å²) >= 11 is 0. The molecule has 0 unspecified atom stereocenters. The maximum atomic E-state index is 5.23. The van der Waals surface area contributed by atoms with Gasteiger partial charge in [0.15, 0.2) is 5.96 Å². The molecule has 0 rings (SSSR count). The summed E-state index contributed by atoms with van der Waals surface area (Å²) < 4.78 is 0. The molecule has 2 N–H and O–H groups in total. The lowest BCUT2D eigenvalue weighted by atomic mass is 10.3. The van der Waals surface area contributed by atoms with Crippen molar-refractivity contribution in [2.75, 3.05) is 39.3 Å². The van der Waals surface area contributed by atoms with Gasteiger partial charge in [0.2, 0.25) is 0 Å². The third kappa shape index (κ3) is 10.4. The molecule has 0 aromatic heterocycles. The molecule has 0 heterocycles. The zero-order valence-electron chi connectivity index (χ0n) is 12.8. The van der Waals surface area contributed by atoms with Gasteiger partial charge in [0.05, 0.1) is 6.54 Å². The van der Waals surface area contributed by atoms with E-state index in [9.17, 15) is 0 Å². The topological polar surface area (TPSA) is 39.7 Å². The number of nitrogens with zero attached hydrogens (tertiary/aromatic N) is 2. The van der Waals surface area contributed by atoms with Crippen molar-refractivity contribution in [3.8, 4) is 12.3 Å². The minimum Gasteiger partial charge on any atom is -0.357 e. The maximum absolute atomic E-state index is 5.23. The van der Waals surface area contributed by atoms with Crippen LogP contribution in [0.15, 0.2) is 4.99 Å². The van der Waals surface area contributed by atoms with Gasteiger partial charge in [0, 0.05) is 13.1 Å². The molecule has 4 nitrogen and oxygen atoms in total. The molecule has 0 saturated carbocycles. The lowest BCUT2D eigenvalue weighted by Crippen LogP contribution is -2.37. The Morgan fingerprint density at radius 2 is 1.79 bits per heavy atom. The predicted molar refractivity (Wildman–Crippen MR) is 84.5 cm³/mol. The fraction of sp³-hybridized carbons (Fsp3) is 0.800. The van der Waals surface area contributed by atoms with Crippen molar-refractivity contribution in [3.63, 3.8) is 0 Å². The molecule has 0 radical (unpaired) electrons. The molecule has 0 aromatic carbocycles. The van der Waals surface area contributed by atoms with Gasteiger partial charge in [-0.3, -0.25) is 4.99 Å². The van der Waals surface area contributed by atoms with Crippen LogP contribution in [0, 0.1) is 12.3 Å². The Labute approximate surface area is 119 Å². The normalized spacial score (nSPS) is 11.4. The second-order valence-electron chi connectivity index (χ2n) is 4.51. The molecule has 0 saturated heterocycles. The minimum atomic E-state index is 0.517. The van der Waals surface area contributed by atoms with Crippen LogP contribution >= 0.6 is 0 Å². The number of hydrogen-bond donors (Lipinski definition) is 2. The number of terminal acetylenes is 1. The van der Waals surface area contributed by atoms with Crippen LogP contribution in [-0.2, 0) is 0 Å². The lowest BCUT2D eigenvalue weighted by molar-refractivity contribution is 0.273. The highest BCUT2D eigenvalue weighted by molar-refractivity contribution is 5.79. The van der Waals surface area contributed by atoms with Crippen LogP contribution in [-0.4, -0.2) is 50.1 Å². The van der Waals surface area contributed by atoms with E-state index >= 15 is 0 Å². The van der Waals surface area contributed by atoms with Crippen molar-refractivity contribution < 1.29 is 0 Å². The predicted octanol–water partition coefficient (Wildman–Crippen LogP) is 1.69. The van der Waals surface area contributed by atoms with Gasteiger partial charge in [-0.05, 0) is 45.8 Å². The summed E-state index contributed by atoms with van der Waals surface area (Å²) in [6.07, 6.45) is 8.76. The zero-order chi connectivity index (χ0) is 14.3. The highest BCUT2D eigenvalue weighted by atomic mass is 15.2. The minimum absolute atomic E-state index is 0.517. The molecule has 0 fully saturated rings. The molecule has 0 aliphatic heterocycles. The number of guanidine groups is 1. The average molecular weight is 266 g/mol. The fourth-order valence-corrected chi connectivity index (χ4v) is 1.93. The van der Waals surface area contributed by atoms with Crippen LogP contribution in [0.2, 0.25) is 0 Å². The van der Waals surface area contributed by atoms with Gasteiger partial charge in [-0.2, -0.15) is 0 Å². The zero-order valence-corrected chi connectivity index (χ0v) is 12.8. The molecule has 0 spiro atoms. The van der Waals surface area contributed by atoms with Gasteiger partial charge in [0.1, 0.15) is 0 Å². The van der Waals surface area contributed by atoms with Crippen LogP contribution in [0.3, 0.4) is 0 Å². The smallest absolute Gasteiger partial charge is 0.192 e. The fourth-order valence-electron chi connectivity index (χ4n) is 1.93. The Hall–Kier alpha value is -1.21. The summed E-state index contributed by atoms with van der Waals surface area (Å²) in [6, 6.07) is 0. The van der Waals surface area contributed by atoms with Gasteiger partial charge in [-0.15, -0.1) is 6.42 Å². The standard InChI is InChI=1S/C15H30N4/c1-5-10-17-15(16-8-4)18-11-9-14-19(12-6-2)13-7-3/h1H,6-14H2,2-4H3,(H2,16,17,18). The van der Waals surface area contributed by atoms with E-state index in [1.807, 2.05) is 0 Å². The summed E-state index contributed by atoms with van der Waals surface area (Å²) in [5, 5.41) is 6.28. The second kappa shape index (κ2) is 13.2. The van der Waals surface area contributed by atoms with E-state index < -0.39 is 0 Å². The van der Waals surface area contributed by atoms with E-state index in [-0.39, 0.29) is 0 Å². The quantitative estimate of drug-likeness (QED) is 0.273. The van der Waals surface area contributed by atoms with Crippen LogP contribution in [0.4, 0.5) is 0 Å². The van der Waals surface area contributed by atoms with E-state index in [1.165, 1.54) is 25.9 Å². The summed E-state index contributed by atoms with van der Waals surface area (Å²) in [5.41, 5.74) is 0. The molecular weight excluding hydrogens is 236 g/mol. The highest BCUT2D eigenvalue weighted by Gasteiger charge is 2.01. The van der Waals surface area contributed by atoms with E-state index in [1.54, 1.807) is 0 Å². The molecule has 0 bridgehead atoms. The molecule has 19 heavy (non-hydrogen) atoms. The largest absolute Gasteiger partial charge is 0.357 e. The van der Waals surface area contributed by atoms with Crippen molar-refractivity contribution >= 4 is 5.96 Å². The van der Waals surface area contributed by atoms with Crippen LogP contribution in [0.5, 0.6) is 0 Å². The number of hydrogen-bond acceptors (Lipinski definition) is 2. The molecule has 0 amide bonds. The Bertz CT molecular complexity index is 262. The third-order valence-electron chi connectivity index (χ3n) is 2.68. The molecule has 0 aromatic rings.